The molecule has 7 N–H and O–H groups in total. The molecule has 39 heavy (non-hydrogen) atoms. The Morgan fingerprint density at radius 2 is 1.87 bits per heavy atom. The van der Waals surface area contributed by atoms with Crippen molar-refractivity contribution in [2.45, 2.75) is 63.0 Å². The number of Topliss-reactive ketones (excluding diaryl/α,β-unsaturated/α-hetero) is 3. The number of aliphatic hydroxyl groups excluding tert-OH is 2. The molecule has 1 heterocycles. The summed E-state index contributed by atoms with van der Waals surface area (Å²) < 4.78 is 0. The number of carbonyl (C=O) groups excluding carboxylic acids is 4. The van der Waals surface area contributed by atoms with E-state index in [0.717, 1.165) is 25.1 Å². The van der Waals surface area contributed by atoms with Gasteiger partial charge in [-0.25, -0.2) is 0 Å². The number of hydrogen-bond acceptors (Lipinski definition) is 10. The number of carbonyl (C=O) groups is 4. The van der Waals surface area contributed by atoms with Gasteiger partial charge < -0.3 is 36.4 Å². The first-order chi connectivity index (χ1) is 18.4. The monoisotopic (exact) mass is 543 g/mol. The largest absolute Gasteiger partial charge is 0.508 e. The van der Waals surface area contributed by atoms with E-state index in [-0.39, 0.29) is 60.5 Å². The summed E-state index contributed by atoms with van der Waals surface area (Å²) in [7, 11) is 3.63. The van der Waals surface area contributed by atoms with Crippen LogP contribution in [0.1, 0.15) is 60.0 Å². The maximum atomic E-state index is 13.4. The number of phenols is 1. The van der Waals surface area contributed by atoms with Gasteiger partial charge >= 0.3 is 0 Å². The number of nitrogens with zero attached hydrogens (tertiary/aromatic N) is 1. The highest BCUT2D eigenvalue weighted by Gasteiger charge is 2.50. The fourth-order valence-electron chi connectivity index (χ4n) is 6.31. The molecule has 11 nitrogen and oxygen atoms in total. The molecular formula is C28H37N3O8. The second kappa shape index (κ2) is 11.1. The van der Waals surface area contributed by atoms with Crippen molar-refractivity contribution in [1.82, 2.24) is 5.32 Å². The average molecular weight is 544 g/mol. The predicted octanol–water partition coefficient (Wildman–Crippen LogP) is 0.457. The molecule has 3 aliphatic rings. The molecule has 0 radical (unpaired) electrons. The maximum absolute atomic E-state index is 13.4. The number of primary amides is 1. The number of ketones is 3. The van der Waals surface area contributed by atoms with E-state index in [1.165, 1.54) is 0 Å². The lowest BCUT2D eigenvalue weighted by molar-refractivity contribution is -0.130. The molecule has 0 spiro atoms. The van der Waals surface area contributed by atoms with Crippen molar-refractivity contribution in [3.63, 3.8) is 0 Å². The van der Waals surface area contributed by atoms with Gasteiger partial charge in [0.1, 0.15) is 28.5 Å². The molecule has 0 bridgehead atoms. The molecule has 1 aromatic rings. The third-order valence-electron chi connectivity index (χ3n) is 8.42. The van der Waals surface area contributed by atoms with Crippen LogP contribution in [-0.4, -0.2) is 82.6 Å². The zero-order valence-electron chi connectivity index (χ0n) is 22.3. The van der Waals surface area contributed by atoms with Crippen LogP contribution < -0.4 is 16.0 Å². The van der Waals surface area contributed by atoms with Gasteiger partial charge in [-0.05, 0) is 61.8 Å². The Morgan fingerprint density at radius 1 is 1.15 bits per heavy atom. The van der Waals surface area contributed by atoms with Crippen LogP contribution in [0, 0.1) is 11.8 Å². The van der Waals surface area contributed by atoms with Crippen LogP contribution >= 0.6 is 0 Å². The predicted molar refractivity (Wildman–Crippen MR) is 142 cm³/mol. The van der Waals surface area contributed by atoms with Crippen molar-refractivity contribution in [3.8, 4) is 5.75 Å². The minimum atomic E-state index is -2.25. The fraction of sp³-hybridized carbons (Fsp3) is 0.571. The summed E-state index contributed by atoms with van der Waals surface area (Å²) in [6, 6.07) is 1.62. The third kappa shape index (κ3) is 5.30. The number of fused-ring (bicyclic) bond motifs is 1. The number of phenolic OH excluding ortho intramolecular Hbond substituents is 1. The number of aliphatic hydroxyl groups is 3. The molecular weight excluding hydrogens is 506 g/mol. The van der Waals surface area contributed by atoms with Crippen molar-refractivity contribution in [2.24, 2.45) is 17.6 Å². The molecule has 1 unspecified atom stereocenters. The van der Waals surface area contributed by atoms with Crippen molar-refractivity contribution < 1.29 is 39.6 Å². The van der Waals surface area contributed by atoms with Crippen LogP contribution in [0.4, 0.5) is 5.69 Å². The smallest absolute Gasteiger partial charge is 0.255 e. The van der Waals surface area contributed by atoms with Crippen molar-refractivity contribution in [2.75, 3.05) is 32.1 Å². The molecule has 0 aromatic heterocycles. The quantitative estimate of drug-likeness (QED) is 0.239. The van der Waals surface area contributed by atoms with Gasteiger partial charge in [0.15, 0.2) is 11.6 Å². The zero-order chi connectivity index (χ0) is 28.6. The number of hydrogen-bond donors (Lipinski definition) is 6. The first-order valence-electron chi connectivity index (χ1n) is 13.3. The standard InChI is InChI=1S/C28H37N3O8/c1-31(2)19-11-15(5-6-20(33)18-4-3-7-30-18)25(36)23-17(19)9-14(10-21(23)34)8-16-12-22(35)24(27(29)38)26(37)28(16,39)13-32/h11,14,16,18,30,32,36-37,39H,3-10,12-13H2,1-2H3,(H2,29,38)/t14-,16+,18?,28-/m1/s1. The van der Waals surface area contributed by atoms with Gasteiger partial charge in [0.2, 0.25) is 0 Å². The first-order valence-corrected chi connectivity index (χ1v) is 13.3. The average Bonchev–Trinajstić information content (AvgIpc) is 3.41. The molecule has 1 saturated heterocycles. The van der Waals surface area contributed by atoms with Gasteiger partial charge in [0, 0.05) is 45.0 Å². The molecule has 4 atom stereocenters. The summed E-state index contributed by atoms with van der Waals surface area (Å²) in [6.45, 7) is -0.124. The van der Waals surface area contributed by atoms with Crippen molar-refractivity contribution >= 4 is 28.9 Å². The lowest BCUT2D eigenvalue weighted by Gasteiger charge is -2.40. The van der Waals surface area contributed by atoms with Crippen LogP contribution in [0.25, 0.3) is 0 Å². The van der Waals surface area contributed by atoms with E-state index in [0.29, 0.717) is 24.0 Å². The Bertz CT molecular complexity index is 1230. The van der Waals surface area contributed by atoms with E-state index in [9.17, 15) is 39.6 Å². The molecule has 2 aliphatic carbocycles. The molecule has 11 heteroatoms. The van der Waals surface area contributed by atoms with Crippen LogP contribution in [0.3, 0.4) is 0 Å². The Kier molecular flexibility index (Phi) is 8.15. The molecule has 212 valence electrons. The highest BCUT2D eigenvalue weighted by atomic mass is 16.4. The Hall–Kier alpha value is -3.28. The molecule has 0 saturated carbocycles. The molecule has 1 amide bonds. The molecule has 1 aliphatic heterocycles. The van der Waals surface area contributed by atoms with E-state index >= 15 is 0 Å². The summed E-state index contributed by atoms with van der Waals surface area (Å²) in [6.07, 6.45) is 2.42. The van der Waals surface area contributed by atoms with Gasteiger partial charge in [-0.15, -0.1) is 0 Å². The van der Waals surface area contributed by atoms with Gasteiger partial charge in [-0.3, -0.25) is 19.2 Å². The van der Waals surface area contributed by atoms with Gasteiger partial charge in [0.25, 0.3) is 5.91 Å². The highest BCUT2D eigenvalue weighted by molar-refractivity contribution is 6.20. The second-order valence-electron chi connectivity index (χ2n) is 11.2. The zero-order valence-corrected chi connectivity index (χ0v) is 22.3. The van der Waals surface area contributed by atoms with E-state index in [1.54, 1.807) is 6.07 Å². The Balaban J connectivity index is 1.60. The van der Waals surface area contributed by atoms with E-state index in [1.807, 2.05) is 19.0 Å². The van der Waals surface area contributed by atoms with Crippen LogP contribution in [0.5, 0.6) is 5.75 Å². The minimum absolute atomic E-state index is 0.0150. The van der Waals surface area contributed by atoms with Crippen LogP contribution in [0.2, 0.25) is 0 Å². The number of benzene rings is 1. The van der Waals surface area contributed by atoms with Crippen LogP contribution in [-0.2, 0) is 27.2 Å². The molecule has 4 rings (SSSR count). The molecule has 1 aromatic carbocycles. The lowest BCUT2D eigenvalue weighted by atomic mass is 9.68. The van der Waals surface area contributed by atoms with Gasteiger partial charge in [0.05, 0.1) is 18.2 Å². The number of aryl methyl sites for hydroxylation is 1. The van der Waals surface area contributed by atoms with E-state index < -0.39 is 41.1 Å². The summed E-state index contributed by atoms with van der Waals surface area (Å²) >= 11 is 0. The van der Waals surface area contributed by atoms with Crippen molar-refractivity contribution in [1.29, 1.82) is 0 Å². The topological polar surface area (TPSA) is 190 Å². The van der Waals surface area contributed by atoms with E-state index in [2.05, 4.69) is 5.32 Å². The number of nitrogens with one attached hydrogen (secondary N) is 1. The number of aromatic hydroxyl groups is 1. The molecule has 1 fully saturated rings. The first kappa shape index (κ1) is 28.7. The maximum Gasteiger partial charge on any atom is 0.255 e. The van der Waals surface area contributed by atoms with Crippen LogP contribution in [0.15, 0.2) is 17.4 Å². The summed E-state index contributed by atoms with van der Waals surface area (Å²) in [5.41, 5.74) is 4.32. The van der Waals surface area contributed by atoms with Crippen molar-refractivity contribution in [3.05, 3.63) is 34.1 Å². The Morgan fingerprint density at radius 3 is 2.46 bits per heavy atom. The number of amides is 1. The van der Waals surface area contributed by atoms with Gasteiger partial charge in [-0.2, -0.15) is 0 Å². The fourth-order valence-corrected chi connectivity index (χ4v) is 6.31. The SMILES string of the molecule is CN(C)c1cc(CCC(=O)C2CCCN2)c(O)c2c1C[C@@H](C[C@H]1CC(=O)C(C(N)=O)=C(O)[C@@]1(O)CO)CC2=O. The lowest BCUT2D eigenvalue weighted by Crippen LogP contribution is -2.51. The summed E-state index contributed by atoms with van der Waals surface area (Å²) in [5.74, 6) is -4.54. The van der Waals surface area contributed by atoms with E-state index in [4.69, 9.17) is 5.73 Å². The minimum Gasteiger partial charge on any atom is -0.508 e. The second-order valence-corrected chi connectivity index (χ2v) is 11.2. The number of rotatable bonds is 9. The number of anilines is 1. The third-order valence-corrected chi connectivity index (χ3v) is 8.42. The highest BCUT2D eigenvalue weighted by Crippen LogP contribution is 2.45. The Labute approximate surface area is 226 Å². The number of nitrogens with two attached hydrogens (primary N) is 1. The summed E-state index contributed by atoms with van der Waals surface area (Å²) in [5, 5.41) is 45.8. The normalized spacial score (nSPS) is 27.0. The summed E-state index contributed by atoms with van der Waals surface area (Å²) in [4.78, 5) is 52.0. The van der Waals surface area contributed by atoms with Gasteiger partial charge in [-0.1, -0.05) is 0 Å².